The second-order valence-electron chi connectivity index (χ2n) is 3.95. The second-order valence-corrected chi connectivity index (χ2v) is 3.95. The van der Waals surface area contributed by atoms with E-state index in [4.69, 9.17) is 0 Å². The van der Waals surface area contributed by atoms with Gasteiger partial charge in [-0.15, -0.1) is 0 Å². The molecular weight excluding hydrogens is 174 g/mol. The summed E-state index contributed by atoms with van der Waals surface area (Å²) in [6.45, 7) is 9.45. The lowest BCUT2D eigenvalue weighted by atomic mass is 10.1. The van der Waals surface area contributed by atoms with Gasteiger partial charge in [-0.25, -0.2) is 0 Å². The van der Waals surface area contributed by atoms with E-state index in [0.717, 1.165) is 38.6 Å². The summed E-state index contributed by atoms with van der Waals surface area (Å²) in [5.74, 6) is 0.336. The third kappa shape index (κ3) is 4.64. The highest BCUT2D eigenvalue weighted by Gasteiger charge is 2.16. The zero-order chi connectivity index (χ0) is 11.0. The molecule has 14 heavy (non-hydrogen) atoms. The van der Waals surface area contributed by atoms with Gasteiger partial charge >= 0.3 is 0 Å². The number of carbonyl (C=O) groups excluding carboxylic acids is 1. The molecule has 0 spiro atoms. The minimum absolute atomic E-state index is 0.336. The van der Waals surface area contributed by atoms with Crippen LogP contribution < -0.4 is 0 Å². The molecule has 0 aromatic carbocycles. The van der Waals surface area contributed by atoms with Crippen molar-refractivity contribution >= 4 is 5.91 Å². The Balaban J connectivity index is 4.10. The van der Waals surface area contributed by atoms with E-state index in [-0.39, 0.29) is 0 Å². The summed E-state index contributed by atoms with van der Waals surface area (Å²) in [6.07, 6.45) is 4.96. The van der Waals surface area contributed by atoms with Gasteiger partial charge in [0.1, 0.15) is 0 Å². The molecule has 2 nitrogen and oxygen atoms in total. The Morgan fingerprint density at radius 1 is 1.21 bits per heavy atom. The molecule has 0 saturated heterocycles. The molecule has 0 aromatic rings. The molecular formula is C12H25NO. The van der Waals surface area contributed by atoms with E-state index in [1.165, 1.54) is 0 Å². The fraction of sp³-hybridized carbons (Fsp3) is 0.917. The molecule has 0 rings (SSSR count). The van der Waals surface area contributed by atoms with Crippen LogP contribution in [-0.2, 0) is 4.79 Å². The predicted octanol–water partition coefficient (Wildman–Crippen LogP) is 3.21. The van der Waals surface area contributed by atoms with Gasteiger partial charge in [0, 0.05) is 19.0 Å². The number of hydrogen-bond acceptors (Lipinski definition) is 1. The van der Waals surface area contributed by atoms with Crippen LogP contribution in [0.5, 0.6) is 0 Å². The van der Waals surface area contributed by atoms with Crippen LogP contribution in [0.1, 0.15) is 59.8 Å². The molecule has 1 amide bonds. The smallest absolute Gasteiger partial charge is 0.222 e. The van der Waals surface area contributed by atoms with Gasteiger partial charge in [-0.2, -0.15) is 0 Å². The summed E-state index contributed by atoms with van der Waals surface area (Å²) < 4.78 is 0. The van der Waals surface area contributed by atoms with Crippen molar-refractivity contribution in [2.45, 2.75) is 65.8 Å². The third-order valence-corrected chi connectivity index (χ3v) is 2.65. The number of carbonyl (C=O) groups is 1. The first-order valence-corrected chi connectivity index (χ1v) is 5.96. The fourth-order valence-electron chi connectivity index (χ4n) is 1.52. The molecule has 0 heterocycles. The van der Waals surface area contributed by atoms with Crippen LogP contribution in [0.15, 0.2) is 0 Å². The second kappa shape index (κ2) is 7.84. The van der Waals surface area contributed by atoms with Crippen LogP contribution in [-0.4, -0.2) is 23.4 Å². The number of nitrogens with zero attached hydrogens (tertiary/aromatic N) is 1. The molecule has 0 aliphatic heterocycles. The van der Waals surface area contributed by atoms with Crippen LogP contribution >= 0.6 is 0 Å². The largest absolute Gasteiger partial charge is 0.340 e. The summed E-state index contributed by atoms with van der Waals surface area (Å²) >= 11 is 0. The van der Waals surface area contributed by atoms with Crippen molar-refractivity contribution in [1.82, 2.24) is 4.90 Å². The van der Waals surface area contributed by atoms with Crippen molar-refractivity contribution in [2.24, 2.45) is 0 Å². The zero-order valence-corrected chi connectivity index (χ0v) is 10.2. The van der Waals surface area contributed by atoms with Crippen LogP contribution in [0.4, 0.5) is 0 Å². The lowest BCUT2D eigenvalue weighted by molar-refractivity contribution is -0.133. The van der Waals surface area contributed by atoms with Gasteiger partial charge in [0.15, 0.2) is 0 Å². The molecule has 1 atom stereocenters. The molecule has 1 unspecified atom stereocenters. The lowest BCUT2D eigenvalue weighted by Crippen LogP contribution is -2.38. The van der Waals surface area contributed by atoms with E-state index < -0.39 is 0 Å². The highest BCUT2D eigenvalue weighted by molar-refractivity contribution is 5.76. The first-order chi connectivity index (χ1) is 6.67. The van der Waals surface area contributed by atoms with Gasteiger partial charge in [-0.1, -0.05) is 27.2 Å². The van der Waals surface area contributed by atoms with Gasteiger partial charge in [0.05, 0.1) is 0 Å². The minimum atomic E-state index is 0.336. The number of hydrogen-bond donors (Lipinski definition) is 0. The lowest BCUT2D eigenvalue weighted by Gasteiger charge is -2.28. The molecule has 0 bridgehead atoms. The first kappa shape index (κ1) is 13.5. The average molecular weight is 199 g/mol. The van der Waals surface area contributed by atoms with E-state index in [1.807, 2.05) is 4.90 Å². The zero-order valence-electron chi connectivity index (χ0n) is 10.2. The average Bonchev–Trinajstić information content (AvgIpc) is 2.21. The molecule has 2 heteroatoms. The van der Waals surface area contributed by atoms with Crippen molar-refractivity contribution < 1.29 is 4.79 Å². The predicted molar refractivity (Wildman–Crippen MR) is 61.3 cm³/mol. The first-order valence-electron chi connectivity index (χ1n) is 5.96. The third-order valence-electron chi connectivity index (χ3n) is 2.65. The summed E-state index contributed by atoms with van der Waals surface area (Å²) in [5, 5.41) is 0. The standard InChI is InChI=1S/C12H25NO/c1-5-8-9-12(14)13(10-6-2)11(4)7-3/h11H,5-10H2,1-4H3. The Bertz CT molecular complexity index is 156. The molecule has 0 radical (unpaired) electrons. The maximum atomic E-state index is 11.8. The van der Waals surface area contributed by atoms with E-state index in [2.05, 4.69) is 27.7 Å². The molecule has 84 valence electrons. The number of unbranched alkanes of at least 4 members (excludes halogenated alkanes) is 1. The normalized spacial score (nSPS) is 12.6. The van der Waals surface area contributed by atoms with Gasteiger partial charge in [-0.3, -0.25) is 4.79 Å². The molecule has 0 fully saturated rings. The topological polar surface area (TPSA) is 20.3 Å². The van der Waals surface area contributed by atoms with Gasteiger partial charge in [-0.05, 0) is 26.2 Å². The van der Waals surface area contributed by atoms with Crippen molar-refractivity contribution in [2.75, 3.05) is 6.54 Å². The molecule has 0 N–H and O–H groups in total. The van der Waals surface area contributed by atoms with E-state index in [0.29, 0.717) is 11.9 Å². The number of rotatable bonds is 7. The van der Waals surface area contributed by atoms with Crippen LogP contribution in [0, 0.1) is 0 Å². The summed E-state index contributed by atoms with van der Waals surface area (Å²) in [6, 6.07) is 0.402. The van der Waals surface area contributed by atoms with Crippen molar-refractivity contribution in [3.63, 3.8) is 0 Å². The fourth-order valence-corrected chi connectivity index (χ4v) is 1.52. The van der Waals surface area contributed by atoms with E-state index in [9.17, 15) is 4.79 Å². The quantitative estimate of drug-likeness (QED) is 0.616. The van der Waals surface area contributed by atoms with Crippen molar-refractivity contribution in [3.8, 4) is 0 Å². The Kier molecular flexibility index (Phi) is 7.54. The maximum Gasteiger partial charge on any atom is 0.222 e. The molecule has 0 saturated carbocycles. The van der Waals surface area contributed by atoms with Crippen LogP contribution in [0.2, 0.25) is 0 Å². The summed E-state index contributed by atoms with van der Waals surface area (Å²) in [7, 11) is 0. The number of amides is 1. The van der Waals surface area contributed by atoms with E-state index >= 15 is 0 Å². The van der Waals surface area contributed by atoms with E-state index in [1.54, 1.807) is 0 Å². The van der Waals surface area contributed by atoms with Gasteiger partial charge < -0.3 is 4.90 Å². The van der Waals surface area contributed by atoms with Gasteiger partial charge in [0.25, 0.3) is 0 Å². The van der Waals surface area contributed by atoms with Crippen molar-refractivity contribution in [1.29, 1.82) is 0 Å². The Hall–Kier alpha value is -0.530. The van der Waals surface area contributed by atoms with Gasteiger partial charge in [0.2, 0.25) is 5.91 Å². The highest BCUT2D eigenvalue weighted by Crippen LogP contribution is 2.08. The molecule has 0 aliphatic rings. The Morgan fingerprint density at radius 3 is 2.29 bits per heavy atom. The Labute approximate surface area is 88.7 Å². The summed E-state index contributed by atoms with van der Waals surface area (Å²) in [5.41, 5.74) is 0. The monoisotopic (exact) mass is 199 g/mol. The maximum absolute atomic E-state index is 11.8. The molecule has 0 aliphatic carbocycles. The summed E-state index contributed by atoms with van der Waals surface area (Å²) in [4.78, 5) is 13.9. The molecule has 0 aromatic heterocycles. The van der Waals surface area contributed by atoms with Crippen LogP contribution in [0.25, 0.3) is 0 Å². The van der Waals surface area contributed by atoms with Crippen LogP contribution in [0.3, 0.4) is 0 Å². The van der Waals surface area contributed by atoms with Crippen molar-refractivity contribution in [3.05, 3.63) is 0 Å². The minimum Gasteiger partial charge on any atom is -0.340 e. The Morgan fingerprint density at radius 2 is 1.86 bits per heavy atom. The highest BCUT2D eigenvalue weighted by atomic mass is 16.2. The SMILES string of the molecule is CCCCC(=O)N(CCC)C(C)CC.